The van der Waals surface area contributed by atoms with Gasteiger partial charge in [-0.1, -0.05) is 232 Å². The van der Waals surface area contributed by atoms with Crippen molar-refractivity contribution in [2.24, 2.45) is 5.41 Å². The first-order valence-electron chi connectivity index (χ1n) is 22.1. The molecule has 0 heterocycles. The summed E-state index contributed by atoms with van der Waals surface area (Å²) in [4.78, 5) is 36.7. The second kappa shape index (κ2) is 34.2. The molecule has 0 spiro atoms. The molecule has 0 saturated heterocycles. The van der Waals surface area contributed by atoms with Gasteiger partial charge in [0.2, 0.25) is 0 Å². The maximum atomic E-state index is 12.7. The van der Waals surface area contributed by atoms with Crippen molar-refractivity contribution < 1.29 is 34.8 Å². The average Bonchev–Trinajstić information content (AvgIpc) is 3.09. The van der Waals surface area contributed by atoms with E-state index < -0.39 is 35.3 Å². The quantitative estimate of drug-likeness (QED) is 0.0461. The van der Waals surface area contributed by atoms with Crippen LogP contribution >= 0.6 is 0 Å². The molecule has 0 saturated carbocycles. The molecule has 0 rings (SSSR count). The minimum atomic E-state index is -2.85. The molecule has 2 unspecified atom stereocenters. The summed E-state index contributed by atoms with van der Waals surface area (Å²) in [5, 5.41) is 41.0. The summed E-state index contributed by atoms with van der Waals surface area (Å²) in [6.45, 7) is 4.51. The summed E-state index contributed by atoms with van der Waals surface area (Å²) in [6, 6.07) is 0. The summed E-state index contributed by atoms with van der Waals surface area (Å²) >= 11 is 0. The van der Waals surface area contributed by atoms with Crippen LogP contribution in [-0.2, 0) is 14.4 Å². The molecule has 0 bridgehead atoms. The summed E-state index contributed by atoms with van der Waals surface area (Å²) in [5.41, 5.74) is -4.88. The molecule has 7 nitrogen and oxygen atoms in total. The molecule has 0 aliphatic rings. The Morgan fingerprint density at radius 1 is 0.353 bits per heavy atom. The van der Waals surface area contributed by atoms with Crippen LogP contribution in [0.3, 0.4) is 0 Å². The molecule has 7 heteroatoms. The number of hydrogen-bond acceptors (Lipinski definition) is 4. The number of carboxylic acids is 3. The first-order chi connectivity index (χ1) is 24.7. The van der Waals surface area contributed by atoms with E-state index in [4.69, 9.17) is 0 Å². The minimum absolute atomic E-state index is 0.0319. The third kappa shape index (κ3) is 25.1. The molecule has 51 heavy (non-hydrogen) atoms. The highest BCUT2D eigenvalue weighted by molar-refractivity contribution is 5.92. The minimum Gasteiger partial charge on any atom is -0.481 e. The smallest absolute Gasteiger partial charge is 0.337 e. The zero-order valence-corrected chi connectivity index (χ0v) is 33.7. The van der Waals surface area contributed by atoms with Gasteiger partial charge in [-0.05, 0) is 12.8 Å². The Kier molecular flexibility index (Phi) is 33.1. The highest BCUT2D eigenvalue weighted by atomic mass is 16.4. The van der Waals surface area contributed by atoms with Gasteiger partial charge < -0.3 is 20.4 Å². The Morgan fingerprint density at radius 3 is 0.745 bits per heavy atom. The monoisotopic (exact) mass is 725 g/mol. The van der Waals surface area contributed by atoms with Gasteiger partial charge in [-0.2, -0.15) is 0 Å². The van der Waals surface area contributed by atoms with Gasteiger partial charge in [-0.15, -0.1) is 0 Å². The highest BCUT2D eigenvalue weighted by Gasteiger charge is 2.61. The Bertz CT molecular complexity index is 830. The summed E-state index contributed by atoms with van der Waals surface area (Å²) in [6.07, 6.45) is 39.3. The average molecular weight is 725 g/mol. The van der Waals surface area contributed by atoms with E-state index >= 15 is 0 Å². The van der Waals surface area contributed by atoms with Gasteiger partial charge in [0.15, 0.2) is 5.60 Å². The van der Waals surface area contributed by atoms with E-state index in [0.29, 0.717) is 12.8 Å². The lowest BCUT2D eigenvalue weighted by Crippen LogP contribution is -2.59. The second-order valence-electron chi connectivity index (χ2n) is 15.9. The van der Waals surface area contributed by atoms with Crippen molar-refractivity contribution >= 4 is 17.9 Å². The van der Waals surface area contributed by atoms with E-state index in [1.54, 1.807) is 0 Å². The Labute approximate surface area is 314 Å². The van der Waals surface area contributed by atoms with Crippen molar-refractivity contribution in [1.29, 1.82) is 0 Å². The predicted molar refractivity (Wildman–Crippen MR) is 212 cm³/mol. The number of carboxylic acid groups (broad SMARTS) is 3. The van der Waals surface area contributed by atoms with E-state index in [-0.39, 0.29) is 12.8 Å². The number of carbonyl (C=O) groups is 3. The van der Waals surface area contributed by atoms with Gasteiger partial charge in [0.25, 0.3) is 0 Å². The van der Waals surface area contributed by atoms with Crippen molar-refractivity contribution in [3.8, 4) is 0 Å². The van der Waals surface area contributed by atoms with Gasteiger partial charge in [0.1, 0.15) is 5.41 Å². The number of hydrogen-bond donors (Lipinski definition) is 4. The largest absolute Gasteiger partial charge is 0.481 e. The molecule has 0 fully saturated rings. The van der Waals surface area contributed by atoms with Crippen LogP contribution in [0.15, 0.2) is 0 Å². The standard InChI is InChI=1S/C44H84O7/c1-3-5-7-9-11-13-15-17-19-20-21-22-23-24-26-28-30-32-34-36-38-43(41(47)48,44(51,42(49)50)39-40(45)46)37-35-33-31-29-27-25-18-16-14-12-10-8-6-4-2/h51H,3-39H2,1-2H3,(H,45,46)(H,47,48)(H,49,50). The molecule has 4 N–H and O–H groups in total. The van der Waals surface area contributed by atoms with Crippen LogP contribution in [0.2, 0.25) is 0 Å². The van der Waals surface area contributed by atoms with Gasteiger partial charge in [0.05, 0.1) is 6.42 Å². The van der Waals surface area contributed by atoms with E-state index in [0.717, 1.165) is 51.4 Å². The van der Waals surface area contributed by atoms with Gasteiger partial charge in [-0.3, -0.25) is 9.59 Å². The fourth-order valence-corrected chi connectivity index (χ4v) is 7.90. The Balaban J connectivity index is 4.39. The van der Waals surface area contributed by atoms with Gasteiger partial charge in [-0.25, -0.2) is 4.79 Å². The van der Waals surface area contributed by atoms with E-state index in [9.17, 15) is 34.8 Å². The van der Waals surface area contributed by atoms with Crippen molar-refractivity contribution in [3.63, 3.8) is 0 Å². The molecule has 0 amide bonds. The SMILES string of the molecule is CCCCCCCCCCCCCCCCCCCCCCC(CCCCCCCCCCCCCCCC)(C(=O)O)C(O)(CC(=O)O)C(=O)O. The molecule has 0 aromatic carbocycles. The number of aliphatic carboxylic acids is 3. The first-order valence-corrected chi connectivity index (χ1v) is 22.1. The van der Waals surface area contributed by atoms with Crippen LogP contribution in [-0.4, -0.2) is 43.9 Å². The van der Waals surface area contributed by atoms with Gasteiger partial charge >= 0.3 is 17.9 Å². The predicted octanol–water partition coefficient (Wildman–Crippen LogP) is 13.4. The molecular weight excluding hydrogens is 640 g/mol. The number of rotatable bonds is 41. The summed E-state index contributed by atoms with van der Waals surface area (Å²) in [7, 11) is 0. The van der Waals surface area contributed by atoms with Crippen molar-refractivity contribution in [2.75, 3.05) is 0 Å². The molecule has 0 aromatic rings. The van der Waals surface area contributed by atoms with Crippen LogP contribution in [0.5, 0.6) is 0 Å². The first kappa shape index (κ1) is 49.4. The van der Waals surface area contributed by atoms with Crippen molar-refractivity contribution in [1.82, 2.24) is 0 Å². The third-order valence-electron chi connectivity index (χ3n) is 11.4. The fourth-order valence-electron chi connectivity index (χ4n) is 7.90. The molecule has 302 valence electrons. The van der Waals surface area contributed by atoms with Crippen LogP contribution in [0, 0.1) is 5.41 Å². The Morgan fingerprint density at radius 2 is 0.569 bits per heavy atom. The van der Waals surface area contributed by atoms with Gasteiger partial charge in [0, 0.05) is 0 Å². The third-order valence-corrected chi connectivity index (χ3v) is 11.4. The Hall–Kier alpha value is -1.63. The normalized spacial score (nSPS) is 13.9. The lowest BCUT2D eigenvalue weighted by atomic mass is 9.64. The summed E-state index contributed by atoms with van der Waals surface area (Å²) in [5.74, 6) is -4.66. The molecule has 0 aliphatic carbocycles. The van der Waals surface area contributed by atoms with Crippen molar-refractivity contribution in [2.45, 2.75) is 257 Å². The topological polar surface area (TPSA) is 132 Å². The highest BCUT2D eigenvalue weighted by Crippen LogP contribution is 2.45. The van der Waals surface area contributed by atoms with E-state index in [1.165, 1.54) is 154 Å². The van der Waals surface area contributed by atoms with Crippen LogP contribution in [0.25, 0.3) is 0 Å². The molecule has 0 aliphatic heterocycles. The van der Waals surface area contributed by atoms with E-state index in [2.05, 4.69) is 13.8 Å². The molecule has 2 atom stereocenters. The van der Waals surface area contributed by atoms with Crippen LogP contribution in [0.4, 0.5) is 0 Å². The van der Waals surface area contributed by atoms with Crippen molar-refractivity contribution in [3.05, 3.63) is 0 Å². The second-order valence-corrected chi connectivity index (χ2v) is 15.9. The maximum Gasteiger partial charge on any atom is 0.337 e. The molecule has 0 aromatic heterocycles. The zero-order chi connectivity index (χ0) is 37.9. The lowest BCUT2D eigenvalue weighted by Gasteiger charge is -2.41. The molecule has 0 radical (unpaired) electrons. The number of aliphatic hydroxyl groups is 1. The van der Waals surface area contributed by atoms with Crippen LogP contribution < -0.4 is 0 Å². The maximum absolute atomic E-state index is 12.7. The fraction of sp³-hybridized carbons (Fsp3) is 0.932. The number of unbranched alkanes of at least 4 members (excludes halogenated alkanes) is 32. The van der Waals surface area contributed by atoms with E-state index in [1.807, 2.05) is 0 Å². The van der Waals surface area contributed by atoms with Crippen LogP contribution in [0.1, 0.15) is 251 Å². The summed E-state index contributed by atoms with van der Waals surface area (Å²) < 4.78 is 0. The molecular formula is C44H84O7. The zero-order valence-electron chi connectivity index (χ0n) is 33.7. The lowest BCUT2D eigenvalue weighted by molar-refractivity contribution is -0.196.